The zero-order chi connectivity index (χ0) is 26.7. The molecule has 1 aromatic heterocycles. The number of carbonyl (C=O) groups excluding carboxylic acids is 3. The molecule has 0 radical (unpaired) electrons. The van der Waals surface area contributed by atoms with Crippen LogP contribution >= 0.6 is 23.3 Å². The van der Waals surface area contributed by atoms with E-state index in [-0.39, 0.29) is 16.7 Å². The highest BCUT2D eigenvalue weighted by molar-refractivity contribution is 8.00. The van der Waals surface area contributed by atoms with Crippen LogP contribution in [-0.2, 0) is 19.2 Å². The number of aromatic nitrogens is 2. The Labute approximate surface area is 220 Å². The van der Waals surface area contributed by atoms with E-state index in [0.717, 1.165) is 53.6 Å². The second-order valence-corrected chi connectivity index (χ2v) is 11.0. The molecule has 2 saturated heterocycles. The fourth-order valence-electron chi connectivity index (χ4n) is 4.25. The molecule has 200 valence electrons. The number of quaternary nitrogens is 1. The van der Waals surface area contributed by atoms with Crippen LogP contribution in [0.25, 0.3) is 0 Å². The van der Waals surface area contributed by atoms with Crippen LogP contribution in [0.5, 0.6) is 0 Å². The normalized spacial score (nSPS) is 24.1. The first-order valence-corrected chi connectivity index (χ1v) is 13.2. The predicted octanol–water partition coefficient (Wildman–Crippen LogP) is -1.88. The number of hydrogen-bond donors (Lipinski definition) is 2. The molecule has 37 heavy (non-hydrogen) atoms. The summed E-state index contributed by atoms with van der Waals surface area (Å²) in [4.78, 5) is 49.3. The van der Waals surface area contributed by atoms with Gasteiger partial charge in [0, 0.05) is 30.4 Å². The minimum Gasteiger partial charge on any atom is -0.543 e. The number of alkyl halides is 1. The largest absolute Gasteiger partial charge is 0.543 e. The van der Waals surface area contributed by atoms with Crippen LogP contribution in [0.3, 0.4) is 0 Å². The number of hydrogen-bond acceptors (Lipinski definition) is 12. The standard InChI is InChI=1S/C21H27FN8O5S2/c1-28-5-8-30(2,9-6-28)7-3-4-12-10-36-19-14(18(32)29(19)15(12)20(33)34)24-17(31)13(26-35-11-22)16-25-21(23)37-27-16/h3-4,14,19H,5-11H2,1-2H3,(H3-,23,24,25,27,31,33,34)/b4-3+,26-13-/t14-,19-/m1/s1. The number of halogens is 1. The van der Waals surface area contributed by atoms with E-state index in [0.29, 0.717) is 11.3 Å². The van der Waals surface area contributed by atoms with Crippen molar-refractivity contribution < 1.29 is 33.2 Å². The molecule has 2 atom stereocenters. The van der Waals surface area contributed by atoms with E-state index in [1.807, 2.05) is 6.08 Å². The van der Waals surface area contributed by atoms with E-state index in [9.17, 15) is 23.9 Å². The third-order valence-corrected chi connectivity index (χ3v) is 8.30. The third kappa shape index (κ3) is 5.76. The zero-order valence-corrected chi connectivity index (χ0v) is 21.9. The number of nitrogen functional groups attached to an aromatic ring is 1. The average molecular weight is 555 g/mol. The highest BCUT2D eigenvalue weighted by Gasteiger charge is 2.53. The molecule has 0 unspecified atom stereocenters. The Morgan fingerprint density at radius 3 is 2.76 bits per heavy atom. The molecule has 0 aliphatic carbocycles. The van der Waals surface area contributed by atoms with Gasteiger partial charge in [-0.3, -0.25) is 19.4 Å². The Kier molecular flexibility index (Phi) is 8.11. The summed E-state index contributed by atoms with van der Waals surface area (Å²) in [5, 5.41) is 17.3. The number of likely N-dealkylation sites (N-methyl/N-ethyl adjacent to an activating group) is 2. The van der Waals surface area contributed by atoms with Crippen LogP contribution in [0.2, 0.25) is 0 Å². The lowest BCUT2D eigenvalue weighted by Gasteiger charge is -2.50. The van der Waals surface area contributed by atoms with Crippen molar-refractivity contribution in [2.24, 2.45) is 5.16 Å². The molecular formula is C21H27FN8O5S2. The van der Waals surface area contributed by atoms with E-state index in [1.165, 1.54) is 11.8 Å². The topological polar surface area (TPSA) is 166 Å². The lowest BCUT2D eigenvalue weighted by Crippen LogP contribution is -2.71. The molecule has 3 N–H and O–H groups in total. The number of carbonyl (C=O) groups is 3. The summed E-state index contributed by atoms with van der Waals surface area (Å²) in [5.74, 6) is -2.86. The van der Waals surface area contributed by atoms with Crippen molar-refractivity contribution in [2.75, 3.05) is 65.2 Å². The summed E-state index contributed by atoms with van der Waals surface area (Å²) in [6.45, 7) is 3.39. The highest BCUT2D eigenvalue weighted by atomic mass is 32.2. The number of nitrogens with zero attached hydrogens (tertiary/aromatic N) is 6. The molecule has 3 aliphatic rings. The van der Waals surface area contributed by atoms with Crippen LogP contribution in [0.4, 0.5) is 9.52 Å². The number of anilines is 1. The van der Waals surface area contributed by atoms with Gasteiger partial charge in [-0.05, 0) is 18.7 Å². The molecule has 2 amide bonds. The fraction of sp³-hybridized carbons (Fsp3) is 0.524. The minimum absolute atomic E-state index is 0.0532. The second kappa shape index (κ2) is 11.1. The number of amides is 2. The van der Waals surface area contributed by atoms with Crippen LogP contribution in [0.1, 0.15) is 5.82 Å². The third-order valence-electron chi connectivity index (χ3n) is 6.46. The van der Waals surface area contributed by atoms with Gasteiger partial charge >= 0.3 is 0 Å². The van der Waals surface area contributed by atoms with Gasteiger partial charge in [0.2, 0.25) is 11.5 Å². The molecule has 0 bridgehead atoms. The van der Waals surface area contributed by atoms with Crippen molar-refractivity contribution in [1.29, 1.82) is 0 Å². The number of rotatable bonds is 9. The van der Waals surface area contributed by atoms with Gasteiger partial charge in [0.25, 0.3) is 18.7 Å². The Bertz CT molecular complexity index is 1160. The van der Waals surface area contributed by atoms with Crippen molar-refractivity contribution >= 4 is 51.9 Å². The van der Waals surface area contributed by atoms with Gasteiger partial charge in [0.15, 0.2) is 5.13 Å². The number of fused-ring (bicyclic) bond motifs is 1. The van der Waals surface area contributed by atoms with Gasteiger partial charge in [0.1, 0.15) is 11.4 Å². The van der Waals surface area contributed by atoms with Gasteiger partial charge in [0.05, 0.1) is 38.3 Å². The van der Waals surface area contributed by atoms with Crippen molar-refractivity contribution in [1.82, 2.24) is 24.5 Å². The molecule has 4 heterocycles. The van der Waals surface area contributed by atoms with Gasteiger partial charge in [-0.15, -0.1) is 11.8 Å². The first-order chi connectivity index (χ1) is 17.6. The lowest BCUT2D eigenvalue weighted by molar-refractivity contribution is -0.908. The molecule has 13 nitrogen and oxygen atoms in total. The quantitative estimate of drug-likeness (QED) is 0.153. The van der Waals surface area contributed by atoms with Crippen molar-refractivity contribution in [3.63, 3.8) is 0 Å². The van der Waals surface area contributed by atoms with E-state index >= 15 is 0 Å². The highest BCUT2D eigenvalue weighted by Crippen LogP contribution is 2.40. The number of nitrogens with one attached hydrogen (secondary N) is 1. The number of allylic oxidation sites excluding steroid dienone is 1. The average Bonchev–Trinajstić information content (AvgIpc) is 3.30. The molecule has 0 spiro atoms. The summed E-state index contributed by atoms with van der Waals surface area (Å²) >= 11 is 2.11. The van der Waals surface area contributed by atoms with Crippen LogP contribution in [-0.4, -0.2) is 118 Å². The summed E-state index contributed by atoms with van der Waals surface area (Å²) in [7, 11) is 4.25. The zero-order valence-electron chi connectivity index (χ0n) is 20.3. The molecule has 16 heteroatoms. The Balaban J connectivity index is 1.46. The number of carboxylic acid groups (broad SMARTS) is 1. The molecule has 0 aromatic carbocycles. The van der Waals surface area contributed by atoms with E-state index in [2.05, 4.69) is 43.7 Å². The van der Waals surface area contributed by atoms with Crippen LogP contribution in [0.15, 0.2) is 28.6 Å². The molecule has 0 saturated carbocycles. The molecule has 2 fully saturated rings. The lowest BCUT2D eigenvalue weighted by atomic mass is 10.0. The maximum absolute atomic E-state index is 12.9. The first-order valence-electron chi connectivity index (χ1n) is 11.4. The van der Waals surface area contributed by atoms with E-state index in [1.54, 1.807) is 6.08 Å². The number of piperazine rings is 1. The van der Waals surface area contributed by atoms with Crippen LogP contribution < -0.4 is 16.2 Å². The SMILES string of the molecule is CN1CC[N+](C)(C/C=C/C2=C(C(=O)[O-])N3C(=O)[C@@H](NC(=O)/C(=N\OCF)c4nsc(N)n4)[C@H]3SC2)CC1. The van der Waals surface area contributed by atoms with Gasteiger partial charge < -0.3 is 30.3 Å². The Morgan fingerprint density at radius 1 is 1.41 bits per heavy atom. The maximum Gasteiger partial charge on any atom is 0.278 e. The van der Waals surface area contributed by atoms with Crippen LogP contribution in [0, 0.1) is 0 Å². The number of aliphatic carboxylic acids is 1. The van der Waals surface area contributed by atoms with Crippen molar-refractivity contribution in [3.8, 4) is 0 Å². The number of thioether (sulfide) groups is 1. The number of nitrogens with two attached hydrogens (primary N) is 1. The summed E-state index contributed by atoms with van der Waals surface area (Å²) < 4.78 is 17.2. The van der Waals surface area contributed by atoms with Gasteiger partial charge in [-0.1, -0.05) is 11.2 Å². The van der Waals surface area contributed by atoms with E-state index < -0.39 is 41.8 Å². The van der Waals surface area contributed by atoms with Gasteiger partial charge in [-0.2, -0.15) is 9.36 Å². The number of carboxylic acids is 1. The second-order valence-electron chi connectivity index (χ2n) is 9.11. The molecular weight excluding hydrogens is 527 g/mol. The maximum atomic E-state index is 12.9. The predicted molar refractivity (Wildman–Crippen MR) is 132 cm³/mol. The van der Waals surface area contributed by atoms with Gasteiger partial charge in [-0.25, -0.2) is 4.39 Å². The van der Waals surface area contributed by atoms with Crippen molar-refractivity contribution in [2.45, 2.75) is 11.4 Å². The summed E-state index contributed by atoms with van der Waals surface area (Å²) in [6.07, 6.45) is 3.68. The smallest absolute Gasteiger partial charge is 0.278 e. The van der Waals surface area contributed by atoms with Crippen molar-refractivity contribution in [3.05, 3.63) is 29.2 Å². The number of β-lactam (4-membered cyclic amide) rings is 1. The Morgan fingerprint density at radius 2 is 2.14 bits per heavy atom. The fourth-order valence-corrected chi connectivity index (χ4v) is 6.01. The summed E-state index contributed by atoms with van der Waals surface area (Å²) in [5.41, 5.74) is 5.35. The minimum atomic E-state index is -1.47. The monoisotopic (exact) mass is 554 g/mol. The number of oxime groups is 1. The Hall–Kier alpha value is -3.08. The molecule has 3 aliphatic heterocycles. The van der Waals surface area contributed by atoms with E-state index in [4.69, 9.17) is 5.73 Å². The molecule has 1 aromatic rings. The molecule has 4 rings (SSSR count). The first kappa shape index (κ1) is 27.0. The summed E-state index contributed by atoms with van der Waals surface area (Å²) in [6, 6.07) is -1.04.